The van der Waals surface area contributed by atoms with E-state index in [4.69, 9.17) is 19.0 Å². The highest BCUT2D eigenvalue weighted by Crippen LogP contribution is 2.37. The van der Waals surface area contributed by atoms with Gasteiger partial charge in [0.1, 0.15) is 23.8 Å². The lowest BCUT2D eigenvalue weighted by Crippen LogP contribution is -2.66. The Balaban J connectivity index is 1.03. The zero-order valence-corrected chi connectivity index (χ0v) is 21.9. The number of ether oxygens (including phenoxy) is 2. The molecule has 10 heteroatoms. The van der Waals surface area contributed by atoms with Gasteiger partial charge >= 0.3 is 6.03 Å². The van der Waals surface area contributed by atoms with Crippen molar-refractivity contribution in [1.82, 2.24) is 19.4 Å². The quantitative estimate of drug-likeness (QED) is 0.369. The third-order valence-corrected chi connectivity index (χ3v) is 6.96. The number of hydrogen-bond donors (Lipinski definition) is 2. The Labute approximate surface area is 220 Å². The Bertz CT molecular complexity index is 1440. The number of rotatable bonds is 7. The molecule has 2 saturated heterocycles. The van der Waals surface area contributed by atoms with E-state index in [1.54, 1.807) is 6.07 Å². The molecule has 0 atom stereocenters. The summed E-state index contributed by atoms with van der Waals surface area (Å²) in [5.41, 5.74) is 3.52. The molecule has 2 N–H and O–H groups in total. The molecule has 2 amide bonds. The average molecular weight is 517 g/mol. The zero-order chi connectivity index (χ0) is 26.3. The maximum absolute atomic E-state index is 12.4. The molecule has 10 nitrogen and oxygen atoms in total. The van der Waals surface area contributed by atoms with Crippen molar-refractivity contribution < 1.29 is 18.8 Å². The zero-order valence-electron chi connectivity index (χ0n) is 21.9. The Morgan fingerprint density at radius 3 is 2.55 bits per heavy atom. The van der Waals surface area contributed by atoms with Crippen molar-refractivity contribution >= 4 is 23.2 Å². The standard InChI is InChI=1S/C28H32N6O4/c1-27(2,3)23-12-24(32-38-23)31-26(35)29-20-6-4-19(5-7-20)22-14-34-13-21(8-9-25(34)30-22)37-11-10-33-15-28(16-33)17-36-18-28/h4-9,12-14H,10-11,15-18H2,1-3H3,(H2,29,31,32,35). The number of carbonyl (C=O) groups excluding carboxylic acids is 1. The fraction of sp³-hybridized carbons (Fsp3) is 0.393. The van der Waals surface area contributed by atoms with Crippen LogP contribution in [0.3, 0.4) is 0 Å². The van der Waals surface area contributed by atoms with Gasteiger partial charge in [0.15, 0.2) is 5.82 Å². The van der Waals surface area contributed by atoms with Crippen LogP contribution in [0.25, 0.3) is 16.9 Å². The Morgan fingerprint density at radius 1 is 1.08 bits per heavy atom. The van der Waals surface area contributed by atoms with Crippen molar-refractivity contribution in [2.75, 3.05) is 50.1 Å². The largest absolute Gasteiger partial charge is 0.491 e. The molecule has 1 aromatic carbocycles. The van der Waals surface area contributed by atoms with E-state index in [-0.39, 0.29) is 5.41 Å². The molecule has 5 heterocycles. The van der Waals surface area contributed by atoms with E-state index in [2.05, 4.69) is 20.7 Å². The summed E-state index contributed by atoms with van der Waals surface area (Å²) in [7, 11) is 0. The van der Waals surface area contributed by atoms with Crippen LogP contribution in [0.1, 0.15) is 26.5 Å². The van der Waals surface area contributed by atoms with Gasteiger partial charge in [-0.3, -0.25) is 10.2 Å². The molecule has 3 aromatic heterocycles. The monoisotopic (exact) mass is 516 g/mol. The van der Waals surface area contributed by atoms with Crippen LogP contribution in [0.4, 0.5) is 16.3 Å². The third-order valence-electron chi connectivity index (χ3n) is 6.96. The van der Waals surface area contributed by atoms with Crippen LogP contribution in [-0.2, 0) is 10.2 Å². The first-order valence-corrected chi connectivity index (χ1v) is 12.8. The lowest BCUT2D eigenvalue weighted by molar-refractivity contribution is -0.189. The summed E-state index contributed by atoms with van der Waals surface area (Å²) in [6.45, 7) is 11.7. The summed E-state index contributed by atoms with van der Waals surface area (Å²) in [6, 6.07) is 12.8. The summed E-state index contributed by atoms with van der Waals surface area (Å²) in [4.78, 5) is 19.5. The molecule has 0 aliphatic carbocycles. The first-order valence-electron chi connectivity index (χ1n) is 12.8. The van der Waals surface area contributed by atoms with Gasteiger partial charge < -0.3 is 23.7 Å². The molecular formula is C28H32N6O4. The van der Waals surface area contributed by atoms with E-state index >= 15 is 0 Å². The van der Waals surface area contributed by atoms with E-state index in [9.17, 15) is 4.79 Å². The van der Waals surface area contributed by atoms with Gasteiger partial charge in [-0.1, -0.05) is 38.1 Å². The molecule has 0 unspecified atom stereocenters. The first-order chi connectivity index (χ1) is 18.2. The number of pyridine rings is 1. The number of anilines is 2. The van der Waals surface area contributed by atoms with Gasteiger partial charge in [-0.15, -0.1) is 0 Å². The lowest BCUT2D eigenvalue weighted by atomic mass is 9.78. The van der Waals surface area contributed by atoms with Crippen molar-refractivity contribution in [3.05, 3.63) is 60.6 Å². The fourth-order valence-corrected chi connectivity index (χ4v) is 4.81. The molecule has 0 bridgehead atoms. The van der Waals surface area contributed by atoms with Crippen LogP contribution < -0.4 is 15.4 Å². The summed E-state index contributed by atoms with van der Waals surface area (Å²) in [5.74, 6) is 1.89. The van der Waals surface area contributed by atoms with Gasteiger partial charge in [0.25, 0.3) is 0 Å². The molecule has 4 aromatic rings. The molecular weight excluding hydrogens is 484 g/mol. The Morgan fingerprint density at radius 2 is 1.87 bits per heavy atom. The number of fused-ring (bicyclic) bond motifs is 1. The van der Waals surface area contributed by atoms with Crippen molar-refractivity contribution in [2.24, 2.45) is 5.41 Å². The first kappa shape index (κ1) is 24.4. The van der Waals surface area contributed by atoms with E-state index in [1.165, 1.54) is 0 Å². The normalized spacial score (nSPS) is 16.7. The van der Waals surface area contributed by atoms with Gasteiger partial charge in [0.2, 0.25) is 0 Å². The number of imidazole rings is 1. The average Bonchev–Trinajstić information content (AvgIpc) is 3.46. The lowest BCUT2D eigenvalue weighted by Gasteiger charge is -2.55. The number of hydrogen-bond acceptors (Lipinski definition) is 7. The fourth-order valence-electron chi connectivity index (χ4n) is 4.81. The second-order valence-corrected chi connectivity index (χ2v) is 11.3. The van der Waals surface area contributed by atoms with E-state index < -0.39 is 6.03 Å². The highest BCUT2D eigenvalue weighted by Gasteiger charge is 2.48. The minimum atomic E-state index is -0.391. The van der Waals surface area contributed by atoms with Crippen LogP contribution in [0.5, 0.6) is 5.75 Å². The highest BCUT2D eigenvalue weighted by atomic mass is 16.5. The maximum atomic E-state index is 12.4. The minimum Gasteiger partial charge on any atom is -0.491 e. The topological polar surface area (TPSA) is 106 Å². The maximum Gasteiger partial charge on any atom is 0.324 e. The van der Waals surface area contributed by atoms with Crippen LogP contribution in [0.15, 0.2) is 59.4 Å². The second-order valence-electron chi connectivity index (χ2n) is 11.3. The van der Waals surface area contributed by atoms with Gasteiger partial charge in [-0.2, -0.15) is 0 Å². The van der Waals surface area contributed by atoms with Gasteiger partial charge in [-0.05, 0) is 24.3 Å². The van der Waals surface area contributed by atoms with Crippen molar-refractivity contribution in [2.45, 2.75) is 26.2 Å². The Kier molecular flexibility index (Phi) is 6.08. The molecule has 2 aliphatic heterocycles. The number of benzene rings is 1. The molecule has 6 rings (SSSR count). The van der Waals surface area contributed by atoms with Crippen molar-refractivity contribution in [1.29, 1.82) is 0 Å². The number of nitrogens with zero attached hydrogens (tertiary/aromatic N) is 4. The number of carbonyl (C=O) groups is 1. The van der Waals surface area contributed by atoms with Gasteiger partial charge in [0, 0.05) is 54.0 Å². The van der Waals surface area contributed by atoms with E-state index in [0.717, 1.165) is 55.5 Å². The number of likely N-dealkylation sites (tertiary alicyclic amines) is 1. The van der Waals surface area contributed by atoms with Crippen LogP contribution in [-0.4, -0.2) is 64.9 Å². The predicted octanol–water partition coefficient (Wildman–Crippen LogP) is 4.64. The molecule has 1 spiro atoms. The SMILES string of the molecule is CC(C)(C)c1cc(NC(=O)Nc2ccc(-c3cn4cc(OCCN5CC6(COC6)C5)ccc4n3)cc2)no1. The third kappa shape index (κ3) is 5.09. The summed E-state index contributed by atoms with van der Waals surface area (Å²) >= 11 is 0. The highest BCUT2D eigenvalue weighted by molar-refractivity contribution is 5.99. The minimum absolute atomic E-state index is 0.185. The molecule has 2 aliphatic rings. The number of urea groups is 1. The predicted molar refractivity (Wildman–Crippen MR) is 144 cm³/mol. The van der Waals surface area contributed by atoms with Crippen molar-refractivity contribution in [3.8, 4) is 17.0 Å². The van der Waals surface area contributed by atoms with Crippen LogP contribution in [0, 0.1) is 5.41 Å². The number of nitrogens with one attached hydrogen (secondary N) is 2. The molecule has 0 saturated carbocycles. The molecule has 38 heavy (non-hydrogen) atoms. The van der Waals surface area contributed by atoms with Crippen molar-refractivity contribution in [3.63, 3.8) is 0 Å². The van der Waals surface area contributed by atoms with E-state index in [1.807, 2.05) is 74.0 Å². The van der Waals surface area contributed by atoms with Crippen LogP contribution >= 0.6 is 0 Å². The smallest absolute Gasteiger partial charge is 0.324 e. The van der Waals surface area contributed by atoms with Crippen LogP contribution in [0.2, 0.25) is 0 Å². The Hall–Kier alpha value is -3.89. The van der Waals surface area contributed by atoms with E-state index in [0.29, 0.717) is 29.3 Å². The summed E-state index contributed by atoms with van der Waals surface area (Å²) in [5, 5.41) is 9.43. The molecule has 198 valence electrons. The molecule has 0 radical (unpaired) electrons. The second kappa shape index (κ2) is 9.45. The summed E-state index contributed by atoms with van der Waals surface area (Å²) in [6.07, 6.45) is 3.93. The van der Waals surface area contributed by atoms with Gasteiger partial charge in [0.05, 0.1) is 25.1 Å². The number of aromatic nitrogens is 3. The number of amides is 2. The molecule has 2 fully saturated rings. The van der Waals surface area contributed by atoms with Gasteiger partial charge in [-0.25, -0.2) is 9.78 Å². The summed E-state index contributed by atoms with van der Waals surface area (Å²) < 4.78 is 18.6.